The average molecular weight is 138 g/mol. The predicted molar refractivity (Wildman–Crippen MR) is 38.4 cm³/mol. The molecule has 0 aliphatic heterocycles. The Morgan fingerprint density at radius 3 is 2.60 bits per heavy atom. The van der Waals surface area contributed by atoms with Crippen molar-refractivity contribution in [3.8, 4) is 0 Å². The number of hydrogen-bond acceptors (Lipinski definition) is 2. The largest absolute Gasteiger partial charge is 0.500 e. The predicted octanol–water partition coefficient (Wildman–Crippen LogP) is 1.29. The summed E-state index contributed by atoms with van der Waals surface area (Å²) in [6.07, 6.45) is 1.50. The number of methoxy groups -OCH3 is 1. The third kappa shape index (κ3) is 0.856. The van der Waals surface area contributed by atoms with Gasteiger partial charge in [0.15, 0.2) is 5.78 Å². The summed E-state index contributed by atoms with van der Waals surface area (Å²) in [5.74, 6) is 0.673. The van der Waals surface area contributed by atoms with E-state index in [0.29, 0.717) is 0 Å². The number of rotatable bonds is 2. The van der Waals surface area contributed by atoms with Gasteiger partial charge < -0.3 is 4.74 Å². The van der Waals surface area contributed by atoms with Crippen LogP contribution in [0.5, 0.6) is 0 Å². The fourth-order valence-electron chi connectivity index (χ4n) is 1.01. The first kappa shape index (κ1) is 7.06. The minimum Gasteiger partial charge on any atom is -0.500 e. The minimum absolute atomic E-state index is 0.101. The highest BCUT2D eigenvalue weighted by molar-refractivity contribution is 6.02. The Morgan fingerprint density at radius 1 is 1.80 bits per heavy atom. The van der Waals surface area contributed by atoms with Crippen LogP contribution in [-0.2, 0) is 9.53 Å². The first-order chi connectivity index (χ1) is 4.66. The van der Waals surface area contributed by atoms with E-state index in [2.05, 4.69) is 6.58 Å². The lowest BCUT2D eigenvalue weighted by Crippen LogP contribution is -2.26. The van der Waals surface area contributed by atoms with Crippen LogP contribution < -0.4 is 0 Å². The van der Waals surface area contributed by atoms with E-state index in [4.69, 9.17) is 4.74 Å². The lowest BCUT2D eigenvalue weighted by molar-refractivity contribution is -0.119. The molecule has 0 N–H and O–H groups in total. The fraction of sp³-hybridized carbons (Fsp3) is 0.375. The summed E-state index contributed by atoms with van der Waals surface area (Å²) >= 11 is 0. The Bertz CT molecular complexity index is 213. The molecule has 0 aromatic rings. The maximum atomic E-state index is 10.8. The third-order valence-electron chi connectivity index (χ3n) is 1.58. The summed E-state index contributed by atoms with van der Waals surface area (Å²) in [7, 11) is 1.56. The molecule has 0 spiro atoms. The highest BCUT2D eigenvalue weighted by atomic mass is 16.5. The first-order valence-electron chi connectivity index (χ1n) is 3.11. The summed E-state index contributed by atoms with van der Waals surface area (Å²) in [4.78, 5) is 10.8. The normalized spacial score (nSPS) is 23.2. The van der Waals surface area contributed by atoms with Crippen molar-refractivity contribution in [2.24, 2.45) is 5.92 Å². The Hall–Kier alpha value is -1.05. The van der Waals surface area contributed by atoms with Gasteiger partial charge in [-0.1, -0.05) is 12.2 Å². The smallest absolute Gasteiger partial charge is 0.173 e. The molecule has 1 aliphatic carbocycles. The van der Waals surface area contributed by atoms with Crippen molar-refractivity contribution in [2.75, 3.05) is 7.11 Å². The molecule has 1 atom stereocenters. The molecule has 1 rings (SSSR count). The van der Waals surface area contributed by atoms with Gasteiger partial charge in [0.05, 0.1) is 13.0 Å². The van der Waals surface area contributed by atoms with Crippen LogP contribution >= 0.6 is 0 Å². The number of allylic oxidation sites excluding steroid dienone is 2. The molecular weight excluding hydrogens is 128 g/mol. The van der Waals surface area contributed by atoms with Crippen LogP contribution in [0.2, 0.25) is 0 Å². The van der Waals surface area contributed by atoms with E-state index >= 15 is 0 Å². The molecule has 0 bridgehead atoms. The molecule has 1 aliphatic rings. The Balaban J connectivity index is 2.74. The van der Waals surface area contributed by atoms with Crippen molar-refractivity contribution in [3.05, 3.63) is 24.0 Å². The SMILES string of the molecule is C=C(C)C1C(=O)C=C1OC. The highest BCUT2D eigenvalue weighted by Gasteiger charge is 2.31. The van der Waals surface area contributed by atoms with Gasteiger partial charge in [-0.3, -0.25) is 4.79 Å². The van der Waals surface area contributed by atoms with Gasteiger partial charge in [-0.2, -0.15) is 0 Å². The molecule has 0 saturated carbocycles. The van der Waals surface area contributed by atoms with Crippen molar-refractivity contribution in [1.29, 1.82) is 0 Å². The molecule has 0 aromatic heterocycles. The maximum Gasteiger partial charge on any atom is 0.173 e. The van der Waals surface area contributed by atoms with Crippen molar-refractivity contribution >= 4 is 5.78 Å². The van der Waals surface area contributed by atoms with Crippen LogP contribution in [0.25, 0.3) is 0 Å². The lowest BCUT2D eigenvalue weighted by Gasteiger charge is -2.23. The number of ketones is 1. The second kappa shape index (κ2) is 2.29. The molecule has 0 amide bonds. The quantitative estimate of drug-likeness (QED) is 0.537. The Morgan fingerprint density at radius 2 is 2.40 bits per heavy atom. The summed E-state index contributed by atoms with van der Waals surface area (Å²) in [5.41, 5.74) is 0.851. The molecule has 0 saturated heterocycles. The molecule has 0 fully saturated rings. The molecule has 0 aromatic carbocycles. The van der Waals surface area contributed by atoms with E-state index < -0.39 is 0 Å². The van der Waals surface area contributed by atoms with Gasteiger partial charge in [-0.05, 0) is 6.92 Å². The van der Waals surface area contributed by atoms with Crippen LogP contribution in [0, 0.1) is 5.92 Å². The van der Waals surface area contributed by atoms with Gasteiger partial charge in [0.2, 0.25) is 0 Å². The zero-order valence-electron chi connectivity index (χ0n) is 6.18. The monoisotopic (exact) mass is 138 g/mol. The topological polar surface area (TPSA) is 26.3 Å². The maximum absolute atomic E-state index is 10.8. The van der Waals surface area contributed by atoms with Gasteiger partial charge in [-0.25, -0.2) is 0 Å². The molecule has 10 heavy (non-hydrogen) atoms. The highest BCUT2D eigenvalue weighted by Crippen LogP contribution is 2.29. The number of hydrogen-bond donors (Lipinski definition) is 0. The summed E-state index contributed by atoms with van der Waals surface area (Å²) in [6.45, 7) is 5.51. The lowest BCUT2D eigenvalue weighted by atomic mass is 9.85. The molecule has 2 heteroatoms. The van der Waals surface area contributed by atoms with Crippen LogP contribution in [0.1, 0.15) is 6.92 Å². The van der Waals surface area contributed by atoms with E-state index in [1.165, 1.54) is 6.08 Å². The second-order valence-electron chi connectivity index (χ2n) is 2.43. The summed E-state index contributed by atoms with van der Waals surface area (Å²) in [6, 6.07) is 0. The van der Waals surface area contributed by atoms with Gasteiger partial charge in [0.1, 0.15) is 5.76 Å². The Kier molecular flexibility index (Phi) is 1.62. The molecule has 54 valence electrons. The Labute approximate surface area is 60.2 Å². The van der Waals surface area contributed by atoms with E-state index in [0.717, 1.165) is 11.3 Å². The van der Waals surface area contributed by atoms with Crippen LogP contribution in [0.4, 0.5) is 0 Å². The van der Waals surface area contributed by atoms with Crippen LogP contribution in [-0.4, -0.2) is 12.9 Å². The number of carbonyl (C=O) groups excluding carboxylic acids is 1. The van der Waals surface area contributed by atoms with Crippen molar-refractivity contribution < 1.29 is 9.53 Å². The molecule has 0 radical (unpaired) electrons. The van der Waals surface area contributed by atoms with Gasteiger partial charge >= 0.3 is 0 Å². The zero-order valence-corrected chi connectivity index (χ0v) is 6.18. The molecule has 0 heterocycles. The van der Waals surface area contributed by atoms with Crippen LogP contribution in [0.3, 0.4) is 0 Å². The van der Waals surface area contributed by atoms with Crippen molar-refractivity contribution in [3.63, 3.8) is 0 Å². The summed E-state index contributed by atoms with van der Waals surface area (Å²) in [5, 5.41) is 0. The fourth-order valence-corrected chi connectivity index (χ4v) is 1.01. The molecule has 1 unspecified atom stereocenters. The van der Waals surface area contributed by atoms with Gasteiger partial charge in [0.25, 0.3) is 0 Å². The molecule has 2 nitrogen and oxygen atoms in total. The zero-order chi connectivity index (χ0) is 7.72. The molecular formula is C8H10O2. The number of ether oxygens (including phenoxy) is 1. The van der Waals surface area contributed by atoms with Gasteiger partial charge in [0, 0.05) is 6.08 Å². The van der Waals surface area contributed by atoms with Gasteiger partial charge in [-0.15, -0.1) is 0 Å². The summed E-state index contributed by atoms with van der Waals surface area (Å²) < 4.78 is 4.91. The average Bonchev–Trinajstić information content (AvgIpc) is 1.80. The van der Waals surface area contributed by atoms with E-state index in [1.807, 2.05) is 6.92 Å². The van der Waals surface area contributed by atoms with E-state index in [1.54, 1.807) is 7.11 Å². The van der Waals surface area contributed by atoms with Crippen molar-refractivity contribution in [2.45, 2.75) is 6.92 Å². The van der Waals surface area contributed by atoms with E-state index in [9.17, 15) is 4.79 Å². The van der Waals surface area contributed by atoms with E-state index in [-0.39, 0.29) is 11.7 Å². The van der Waals surface area contributed by atoms with Crippen LogP contribution in [0.15, 0.2) is 24.0 Å². The standard InChI is InChI=1S/C8H10O2/c1-5(2)8-6(9)4-7(8)10-3/h4,8H,1H2,2-3H3. The first-order valence-corrected chi connectivity index (χ1v) is 3.11. The number of carbonyl (C=O) groups is 1. The minimum atomic E-state index is -0.162. The third-order valence-corrected chi connectivity index (χ3v) is 1.58. The second-order valence-corrected chi connectivity index (χ2v) is 2.43. The van der Waals surface area contributed by atoms with Crippen molar-refractivity contribution in [1.82, 2.24) is 0 Å².